The lowest BCUT2D eigenvalue weighted by molar-refractivity contribution is -0.386. The van der Waals surface area contributed by atoms with Gasteiger partial charge in [0.05, 0.1) is 36.4 Å². The SMILES string of the molecule is CCCOc1c(OC)cc(C2NC(=O)NC(CC)=C2C(=O)OC(C)C)cc1[N+](=O)[O-]. The molecule has 164 valence electrons. The molecule has 10 heteroatoms. The Labute approximate surface area is 174 Å². The van der Waals surface area contributed by atoms with Crippen molar-refractivity contribution in [1.29, 1.82) is 0 Å². The number of hydrogen-bond acceptors (Lipinski definition) is 7. The number of allylic oxidation sites excluding steroid dienone is 1. The van der Waals surface area contributed by atoms with Crippen molar-refractivity contribution in [2.24, 2.45) is 0 Å². The molecule has 2 N–H and O–H groups in total. The number of nitro groups is 1. The maximum absolute atomic E-state index is 12.8. The van der Waals surface area contributed by atoms with Gasteiger partial charge in [-0.1, -0.05) is 13.8 Å². The number of rotatable bonds is 9. The van der Waals surface area contributed by atoms with Crippen molar-refractivity contribution in [3.63, 3.8) is 0 Å². The van der Waals surface area contributed by atoms with Crippen molar-refractivity contribution in [2.45, 2.75) is 52.7 Å². The smallest absolute Gasteiger partial charge is 0.338 e. The highest BCUT2D eigenvalue weighted by atomic mass is 16.6. The van der Waals surface area contributed by atoms with E-state index in [0.717, 1.165) is 0 Å². The van der Waals surface area contributed by atoms with E-state index in [2.05, 4.69) is 10.6 Å². The molecular weight excluding hydrogens is 394 g/mol. The molecule has 0 saturated heterocycles. The van der Waals surface area contributed by atoms with Gasteiger partial charge in [-0.3, -0.25) is 10.1 Å². The number of esters is 1. The Morgan fingerprint density at radius 3 is 2.53 bits per heavy atom. The Morgan fingerprint density at radius 1 is 1.30 bits per heavy atom. The molecule has 30 heavy (non-hydrogen) atoms. The Hall–Kier alpha value is -3.30. The molecule has 0 saturated carbocycles. The first-order valence-electron chi connectivity index (χ1n) is 9.74. The second-order valence-corrected chi connectivity index (χ2v) is 6.91. The van der Waals surface area contributed by atoms with E-state index in [4.69, 9.17) is 14.2 Å². The highest BCUT2D eigenvalue weighted by Crippen LogP contribution is 2.42. The van der Waals surface area contributed by atoms with Crippen LogP contribution >= 0.6 is 0 Å². The van der Waals surface area contributed by atoms with Gasteiger partial charge in [-0.2, -0.15) is 0 Å². The van der Waals surface area contributed by atoms with Crippen molar-refractivity contribution in [3.8, 4) is 11.5 Å². The minimum Gasteiger partial charge on any atom is -0.493 e. The molecule has 2 amide bonds. The van der Waals surface area contributed by atoms with E-state index in [1.807, 2.05) is 6.92 Å². The minimum atomic E-state index is -0.951. The van der Waals surface area contributed by atoms with Crippen LogP contribution in [-0.4, -0.2) is 36.7 Å². The molecule has 1 atom stereocenters. The van der Waals surface area contributed by atoms with Crippen LogP contribution in [-0.2, 0) is 9.53 Å². The number of amides is 2. The van der Waals surface area contributed by atoms with Crippen molar-refractivity contribution >= 4 is 17.7 Å². The number of ether oxygens (including phenoxy) is 3. The fraction of sp³-hybridized carbons (Fsp3) is 0.500. The van der Waals surface area contributed by atoms with E-state index in [1.54, 1.807) is 20.8 Å². The lowest BCUT2D eigenvalue weighted by Gasteiger charge is -2.29. The number of nitro benzene ring substituents is 1. The number of carbonyl (C=O) groups excluding carboxylic acids is 2. The van der Waals surface area contributed by atoms with Crippen LogP contribution in [0.1, 0.15) is 52.1 Å². The third-order valence-corrected chi connectivity index (χ3v) is 4.33. The highest BCUT2D eigenvalue weighted by molar-refractivity contribution is 5.95. The largest absolute Gasteiger partial charge is 0.493 e. The molecule has 1 aliphatic rings. The Kier molecular flexibility index (Phi) is 7.62. The van der Waals surface area contributed by atoms with Crippen molar-refractivity contribution < 1.29 is 28.7 Å². The molecule has 0 radical (unpaired) electrons. The van der Waals surface area contributed by atoms with Crippen LogP contribution < -0.4 is 20.1 Å². The van der Waals surface area contributed by atoms with Gasteiger partial charge in [-0.15, -0.1) is 0 Å². The number of urea groups is 1. The van der Waals surface area contributed by atoms with E-state index in [0.29, 0.717) is 24.1 Å². The summed E-state index contributed by atoms with van der Waals surface area (Å²) in [6.07, 6.45) is 0.638. The zero-order valence-corrected chi connectivity index (χ0v) is 17.7. The number of carbonyl (C=O) groups is 2. The van der Waals surface area contributed by atoms with Crippen LogP contribution in [0.5, 0.6) is 11.5 Å². The fourth-order valence-electron chi connectivity index (χ4n) is 3.08. The van der Waals surface area contributed by atoms with E-state index in [1.165, 1.54) is 19.2 Å². The molecule has 0 aliphatic carbocycles. The van der Waals surface area contributed by atoms with Crippen molar-refractivity contribution in [1.82, 2.24) is 10.6 Å². The third kappa shape index (κ3) is 5.00. The van der Waals surface area contributed by atoms with Crippen LogP contribution in [0, 0.1) is 10.1 Å². The summed E-state index contributed by atoms with van der Waals surface area (Å²) in [4.78, 5) is 36.1. The Balaban J connectivity index is 2.66. The predicted molar refractivity (Wildman–Crippen MR) is 108 cm³/mol. The molecule has 10 nitrogen and oxygen atoms in total. The average molecular weight is 421 g/mol. The number of nitrogens with one attached hydrogen (secondary N) is 2. The number of nitrogens with zero attached hydrogens (tertiary/aromatic N) is 1. The summed E-state index contributed by atoms with van der Waals surface area (Å²) in [5, 5.41) is 17.0. The quantitative estimate of drug-likeness (QED) is 0.355. The molecule has 0 bridgehead atoms. The molecule has 2 rings (SSSR count). The zero-order valence-electron chi connectivity index (χ0n) is 17.7. The van der Waals surface area contributed by atoms with Gasteiger partial charge >= 0.3 is 17.7 Å². The summed E-state index contributed by atoms with van der Waals surface area (Å²) in [7, 11) is 1.36. The van der Waals surface area contributed by atoms with E-state index >= 15 is 0 Å². The number of hydrogen-bond donors (Lipinski definition) is 2. The van der Waals surface area contributed by atoms with Crippen LogP contribution in [0.4, 0.5) is 10.5 Å². The molecule has 1 aliphatic heterocycles. The summed E-state index contributed by atoms with van der Waals surface area (Å²) < 4.78 is 16.2. The Bertz CT molecular complexity index is 864. The lowest BCUT2D eigenvalue weighted by atomic mass is 9.93. The standard InChI is InChI=1S/C20H27N3O7/c1-6-8-29-18-14(23(26)27)9-12(10-15(18)28-5)17-16(19(24)30-11(3)4)13(7-2)21-20(25)22-17/h9-11,17H,6-8H2,1-5H3,(H2,21,22,25). The normalized spacial score (nSPS) is 16.1. The maximum atomic E-state index is 12.8. The van der Waals surface area contributed by atoms with Gasteiger partial charge in [0.15, 0.2) is 5.75 Å². The van der Waals surface area contributed by atoms with Gasteiger partial charge in [0.2, 0.25) is 5.75 Å². The minimum absolute atomic E-state index is 0.000590. The second-order valence-electron chi connectivity index (χ2n) is 6.91. The van der Waals surface area contributed by atoms with Gasteiger partial charge in [-0.05, 0) is 38.3 Å². The Morgan fingerprint density at radius 2 is 2.00 bits per heavy atom. The fourth-order valence-corrected chi connectivity index (χ4v) is 3.08. The molecule has 1 unspecified atom stereocenters. The van der Waals surface area contributed by atoms with Gasteiger partial charge in [0, 0.05) is 11.8 Å². The van der Waals surface area contributed by atoms with Crippen LogP contribution in [0.3, 0.4) is 0 Å². The van der Waals surface area contributed by atoms with Crippen LogP contribution in [0.25, 0.3) is 0 Å². The number of benzene rings is 1. The average Bonchev–Trinajstić information content (AvgIpc) is 2.69. The topological polar surface area (TPSA) is 129 Å². The lowest BCUT2D eigenvalue weighted by Crippen LogP contribution is -2.46. The first-order valence-corrected chi connectivity index (χ1v) is 9.74. The highest BCUT2D eigenvalue weighted by Gasteiger charge is 2.36. The van der Waals surface area contributed by atoms with Crippen LogP contribution in [0.2, 0.25) is 0 Å². The summed E-state index contributed by atoms with van der Waals surface area (Å²) in [5.74, 6) is -0.485. The summed E-state index contributed by atoms with van der Waals surface area (Å²) in [5.41, 5.74) is 0.561. The van der Waals surface area contributed by atoms with Crippen LogP contribution in [0.15, 0.2) is 23.4 Å². The zero-order chi connectivity index (χ0) is 22.4. The third-order valence-electron chi connectivity index (χ3n) is 4.33. The van der Waals surface area contributed by atoms with E-state index in [-0.39, 0.29) is 35.5 Å². The summed E-state index contributed by atoms with van der Waals surface area (Å²) in [6.45, 7) is 7.35. The van der Waals surface area contributed by atoms with Gasteiger partial charge < -0.3 is 24.8 Å². The van der Waals surface area contributed by atoms with Gasteiger partial charge in [-0.25, -0.2) is 9.59 Å². The monoisotopic (exact) mass is 421 g/mol. The molecule has 0 spiro atoms. The van der Waals surface area contributed by atoms with Gasteiger partial charge in [0.25, 0.3) is 0 Å². The van der Waals surface area contributed by atoms with Crippen molar-refractivity contribution in [3.05, 3.63) is 39.1 Å². The van der Waals surface area contributed by atoms with E-state index in [9.17, 15) is 19.7 Å². The summed E-state index contributed by atoms with van der Waals surface area (Å²) >= 11 is 0. The first-order chi connectivity index (χ1) is 14.2. The number of methoxy groups -OCH3 is 1. The maximum Gasteiger partial charge on any atom is 0.338 e. The molecule has 0 aromatic heterocycles. The molecule has 1 heterocycles. The van der Waals surface area contributed by atoms with Gasteiger partial charge in [0.1, 0.15) is 0 Å². The summed E-state index contributed by atoms with van der Waals surface area (Å²) in [6, 6.07) is 1.32. The second kappa shape index (κ2) is 9.95. The molecule has 1 aromatic carbocycles. The first kappa shape index (κ1) is 23.0. The molecule has 1 aromatic rings. The molecular formula is C20H27N3O7. The predicted octanol–water partition coefficient (Wildman–Crippen LogP) is 3.36. The van der Waals surface area contributed by atoms with E-state index < -0.39 is 23.0 Å². The van der Waals surface area contributed by atoms with Crippen molar-refractivity contribution in [2.75, 3.05) is 13.7 Å². The molecule has 0 fully saturated rings.